The number of carbonyl (C=O) groups excluding carboxylic acids is 3. The third kappa shape index (κ3) is 7.10. The summed E-state index contributed by atoms with van der Waals surface area (Å²) in [5.41, 5.74) is 5.71. The molecule has 3 aliphatic carbocycles. The number of rotatable bonds is 0. The van der Waals surface area contributed by atoms with Crippen molar-refractivity contribution in [2.24, 2.45) is 22.2 Å². The lowest BCUT2D eigenvalue weighted by molar-refractivity contribution is -0.125. The smallest absolute Gasteiger partial charge is 0.186 e. The zero-order chi connectivity index (χ0) is 26.8. The van der Waals surface area contributed by atoms with E-state index in [9.17, 15) is 19.5 Å². The number of allylic oxidation sites excluding steroid dienone is 5. The third-order valence-corrected chi connectivity index (χ3v) is 8.80. The number of Topliss-reactive ketones (excluding diaryl/α,β-unsaturated/α-hetero) is 2. The minimum Gasteiger partial charge on any atom is -0.385 e. The lowest BCUT2D eigenvalue weighted by atomic mass is 9.69. The van der Waals surface area contributed by atoms with Crippen LogP contribution in [0.15, 0.2) is 33.9 Å². The molecule has 3 rings (SSSR count). The Morgan fingerprint density at radius 2 is 1.32 bits per heavy atom. The van der Waals surface area contributed by atoms with Gasteiger partial charge in [-0.3, -0.25) is 14.4 Å². The summed E-state index contributed by atoms with van der Waals surface area (Å²) in [6, 6.07) is 0. The quantitative estimate of drug-likeness (QED) is 0.413. The molecule has 4 heteroatoms. The van der Waals surface area contributed by atoms with Gasteiger partial charge in [-0.2, -0.15) is 0 Å². The van der Waals surface area contributed by atoms with Crippen molar-refractivity contribution in [1.82, 2.24) is 0 Å². The predicted molar refractivity (Wildman–Crippen MR) is 141 cm³/mol. The van der Waals surface area contributed by atoms with Crippen LogP contribution in [0, 0.1) is 22.2 Å². The van der Waals surface area contributed by atoms with Gasteiger partial charge in [0.05, 0.1) is 0 Å². The van der Waals surface area contributed by atoms with Gasteiger partial charge in [0, 0.05) is 12.8 Å². The largest absolute Gasteiger partial charge is 0.385 e. The summed E-state index contributed by atoms with van der Waals surface area (Å²) in [6.07, 6.45) is 3.99. The van der Waals surface area contributed by atoms with Crippen LogP contribution < -0.4 is 0 Å². The van der Waals surface area contributed by atoms with Gasteiger partial charge < -0.3 is 5.11 Å². The Kier molecular flexibility index (Phi) is 9.64. The topological polar surface area (TPSA) is 71.4 Å². The Morgan fingerprint density at radius 3 is 1.79 bits per heavy atom. The molecule has 0 amide bonds. The van der Waals surface area contributed by atoms with Crippen LogP contribution in [-0.4, -0.2) is 28.6 Å². The molecule has 0 spiro atoms. The highest BCUT2D eigenvalue weighted by molar-refractivity contribution is 6.00. The minimum absolute atomic E-state index is 0.0303. The monoisotopic (exact) mass is 472 g/mol. The first-order chi connectivity index (χ1) is 15.2. The van der Waals surface area contributed by atoms with E-state index >= 15 is 0 Å². The van der Waals surface area contributed by atoms with Crippen LogP contribution >= 0.6 is 0 Å². The third-order valence-electron chi connectivity index (χ3n) is 8.80. The maximum absolute atomic E-state index is 11.3. The van der Waals surface area contributed by atoms with E-state index in [-0.39, 0.29) is 27.8 Å². The lowest BCUT2D eigenvalue weighted by Gasteiger charge is -2.34. The Balaban J connectivity index is 0.000000255. The van der Waals surface area contributed by atoms with Crippen molar-refractivity contribution in [2.45, 2.75) is 115 Å². The van der Waals surface area contributed by atoms with E-state index in [0.717, 1.165) is 29.6 Å². The van der Waals surface area contributed by atoms with Crippen molar-refractivity contribution in [3.05, 3.63) is 33.9 Å². The Hall–Kier alpha value is -1.81. The van der Waals surface area contributed by atoms with Crippen LogP contribution in [0.25, 0.3) is 0 Å². The molecule has 192 valence electrons. The van der Waals surface area contributed by atoms with E-state index in [1.54, 1.807) is 13.0 Å². The van der Waals surface area contributed by atoms with Crippen LogP contribution in [-0.2, 0) is 14.4 Å². The number of hydrogen-bond donors (Lipinski definition) is 1. The van der Waals surface area contributed by atoms with Crippen molar-refractivity contribution in [3.8, 4) is 0 Å². The van der Waals surface area contributed by atoms with Gasteiger partial charge in [-0.25, -0.2) is 0 Å². The molecule has 2 atom stereocenters. The molecule has 0 aromatic carbocycles. The highest BCUT2D eigenvalue weighted by Gasteiger charge is 2.35. The van der Waals surface area contributed by atoms with Gasteiger partial charge in [-0.15, -0.1) is 0 Å². The van der Waals surface area contributed by atoms with E-state index in [4.69, 9.17) is 0 Å². The molecule has 0 aliphatic heterocycles. The minimum atomic E-state index is -0.788. The standard InChI is InChI=1S/C10H16O2.2C10H16O/c1-6-7(2)10(3,4)5-8(11)9(6)12;1-7-5-9(11)6-10(3,4)8(7)2;1-7-8(2)10(3,4)6-5-9(7)11/h8,11H,5H2,1-4H3;5,8H,6H2,1-4H3;5-6H2,1-4H3. The summed E-state index contributed by atoms with van der Waals surface area (Å²) in [6.45, 7) is 24.9. The fourth-order valence-corrected chi connectivity index (χ4v) is 4.84. The lowest BCUT2D eigenvalue weighted by Crippen LogP contribution is -2.35. The van der Waals surface area contributed by atoms with E-state index in [1.165, 1.54) is 11.1 Å². The van der Waals surface area contributed by atoms with Gasteiger partial charge in [-0.1, -0.05) is 65.2 Å². The highest BCUT2D eigenvalue weighted by atomic mass is 16.3. The van der Waals surface area contributed by atoms with E-state index < -0.39 is 6.10 Å². The molecule has 34 heavy (non-hydrogen) atoms. The molecule has 0 saturated carbocycles. The number of aliphatic hydroxyl groups is 1. The average molecular weight is 473 g/mol. The molecule has 3 aliphatic rings. The molecule has 1 N–H and O–H groups in total. The van der Waals surface area contributed by atoms with Crippen LogP contribution in [0.1, 0.15) is 109 Å². The first-order valence-corrected chi connectivity index (χ1v) is 12.6. The van der Waals surface area contributed by atoms with Crippen LogP contribution in [0.4, 0.5) is 0 Å². The van der Waals surface area contributed by atoms with Gasteiger partial charge in [-0.05, 0) is 86.8 Å². The molecule has 0 aromatic heterocycles. The second kappa shape index (κ2) is 10.8. The summed E-state index contributed by atoms with van der Waals surface area (Å²) in [5.74, 6) is 1.06. The Labute approximate surface area is 208 Å². The van der Waals surface area contributed by atoms with Gasteiger partial charge in [0.25, 0.3) is 0 Å². The average Bonchev–Trinajstić information content (AvgIpc) is 2.71. The van der Waals surface area contributed by atoms with E-state index in [0.29, 0.717) is 24.5 Å². The Bertz CT molecular complexity index is 921. The van der Waals surface area contributed by atoms with Gasteiger partial charge in [0.15, 0.2) is 17.3 Å². The molecular weight excluding hydrogens is 424 g/mol. The predicted octanol–water partition coefficient (Wildman–Crippen LogP) is 6.96. The summed E-state index contributed by atoms with van der Waals surface area (Å²) >= 11 is 0. The summed E-state index contributed by atoms with van der Waals surface area (Å²) in [4.78, 5) is 33.7. The van der Waals surface area contributed by atoms with Crippen LogP contribution in [0.2, 0.25) is 0 Å². The SMILES string of the molecule is CC1=C(C)C(C)(C)CC(O)C1=O.CC1=C(C)C(C)(C)CCC1=O.CC1=CC(=O)CC(C)(C)C1C. The first-order valence-electron chi connectivity index (χ1n) is 12.6. The number of carbonyl (C=O) groups is 3. The fraction of sp³-hybridized carbons (Fsp3) is 0.700. The second-order valence-electron chi connectivity index (χ2n) is 12.5. The molecular formula is C30H48O4. The maximum atomic E-state index is 11.3. The van der Waals surface area contributed by atoms with Crippen LogP contribution in [0.3, 0.4) is 0 Å². The van der Waals surface area contributed by atoms with E-state index in [1.807, 2.05) is 20.8 Å². The second-order valence-corrected chi connectivity index (χ2v) is 12.5. The fourth-order valence-electron chi connectivity index (χ4n) is 4.84. The van der Waals surface area contributed by atoms with Crippen molar-refractivity contribution < 1.29 is 19.5 Å². The normalized spacial score (nSPS) is 27.9. The first kappa shape index (κ1) is 30.2. The number of aliphatic hydroxyl groups excluding tert-OH is 1. The Morgan fingerprint density at radius 1 is 0.824 bits per heavy atom. The molecule has 0 radical (unpaired) electrons. The van der Waals surface area contributed by atoms with Crippen molar-refractivity contribution in [3.63, 3.8) is 0 Å². The van der Waals surface area contributed by atoms with Crippen molar-refractivity contribution in [2.75, 3.05) is 0 Å². The zero-order valence-electron chi connectivity index (χ0n) is 23.7. The van der Waals surface area contributed by atoms with Gasteiger partial charge in [0.1, 0.15) is 6.10 Å². The zero-order valence-corrected chi connectivity index (χ0v) is 23.7. The van der Waals surface area contributed by atoms with Gasteiger partial charge >= 0.3 is 0 Å². The summed E-state index contributed by atoms with van der Waals surface area (Å²) in [7, 11) is 0. The van der Waals surface area contributed by atoms with Crippen molar-refractivity contribution >= 4 is 17.3 Å². The summed E-state index contributed by atoms with van der Waals surface area (Å²) in [5, 5.41) is 9.42. The highest BCUT2D eigenvalue weighted by Crippen LogP contribution is 2.40. The molecule has 0 aromatic rings. The molecule has 4 nitrogen and oxygen atoms in total. The summed E-state index contributed by atoms with van der Waals surface area (Å²) < 4.78 is 0. The van der Waals surface area contributed by atoms with Crippen LogP contribution in [0.5, 0.6) is 0 Å². The molecule has 2 unspecified atom stereocenters. The number of hydrogen-bond acceptors (Lipinski definition) is 4. The van der Waals surface area contributed by atoms with Crippen molar-refractivity contribution in [1.29, 1.82) is 0 Å². The molecule has 0 fully saturated rings. The van der Waals surface area contributed by atoms with Gasteiger partial charge in [0.2, 0.25) is 0 Å². The molecule has 0 heterocycles. The molecule has 0 bridgehead atoms. The number of ketones is 3. The maximum Gasteiger partial charge on any atom is 0.186 e. The van der Waals surface area contributed by atoms with E-state index in [2.05, 4.69) is 55.4 Å². The molecule has 0 saturated heterocycles.